The number of benzene rings is 1. The first kappa shape index (κ1) is 22.7. The van der Waals surface area contributed by atoms with Crippen LogP contribution in [0.4, 0.5) is 4.79 Å². The SMILES string of the molecule is CC(C)CC(CC(=O)CN(CC(C)C)C(=O)OCc1ccccc1)C(=O)O. The quantitative estimate of drug-likeness (QED) is 0.630. The van der Waals surface area contributed by atoms with Crippen molar-refractivity contribution in [2.75, 3.05) is 13.1 Å². The highest BCUT2D eigenvalue weighted by Crippen LogP contribution is 2.17. The average molecular weight is 377 g/mol. The highest BCUT2D eigenvalue weighted by molar-refractivity contribution is 5.87. The van der Waals surface area contributed by atoms with Gasteiger partial charge in [0.05, 0.1) is 12.5 Å². The molecule has 1 unspecified atom stereocenters. The summed E-state index contributed by atoms with van der Waals surface area (Å²) in [6.07, 6.45) is -0.200. The van der Waals surface area contributed by atoms with Gasteiger partial charge < -0.3 is 14.7 Å². The third-order valence-electron chi connectivity index (χ3n) is 4.00. The predicted molar refractivity (Wildman–Crippen MR) is 103 cm³/mol. The second-order valence-electron chi connectivity index (χ2n) is 7.72. The van der Waals surface area contributed by atoms with Gasteiger partial charge in [-0.15, -0.1) is 0 Å². The highest BCUT2D eigenvalue weighted by Gasteiger charge is 2.25. The molecule has 0 spiro atoms. The monoisotopic (exact) mass is 377 g/mol. The summed E-state index contributed by atoms with van der Waals surface area (Å²) >= 11 is 0. The molecule has 1 aromatic rings. The minimum absolute atomic E-state index is 0.0753. The van der Waals surface area contributed by atoms with E-state index in [0.717, 1.165) is 5.56 Å². The third kappa shape index (κ3) is 9.22. The fraction of sp³-hybridized carbons (Fsp3) is 0.571. The molecule has 1 N–H and O–H groups in total. The van der Waals surface area contributed by atoms with Crippen molar-refractivity contribution in [3.8, 4) is 0 Å². The summed E-state index contributed by atoms with van der Waals surface area (Å²) in [6.45, 7) is 8.11. The maximum atomic E-state index is 12.4. The Kier molecular flexibility index (Phi) is 9.54. The second-order valence-corrected chi connectivity index (χ2v) is 7.72. The molecular formula is C21H31NO5. The Labute approximate surface area is 161 Å². The van der Waals surface area contributed by atoms with Crippen molar-refractivity contribution in [2.24, 2.45) is 17.8 Å². The normalized spacial score (nSPS) is 12.1. The summed E-state index contributed by atoms with van der Waals surface area (Å²) in [5, 5.41) is 9.31. The molecule has 1 amide bonds. The van der Waals surface area contributed by atoms with E-state index in [9.17, 15) is 19.5 Å². The number of Topliss-reactive ketones (excluding diaryl/α,β-unsaturated/α-hetero) is 1. The minimum Gasteiger partial charge on any atom is -0.481 e. The summed E-state index contributed by atoms with van der Waals surface area (Å²) in [6, 6.07) is 9.31. The Hall–Kier alpha value is -2.37. The zero-order chi connectivity index (χ0) is 20.4. The van der Waals surface area contributed by atoms with Crippen LogP contribution in [0.5, 0.6) is 0 Å². The second kappa shape index (κ2) is 11.4. The highest BCUT2D eigenvalue weighted by atomic mass is 16.6. The molecule has 1 atom stereocenters. The number of carboxylic acid groups (broad SMARTS) is 1. The van der Waals surface area contributed by atoms with Gasteiger partial charge in [-0.05, 0) is 23.8 Å². The molecule has 0 aliphatic rings. The molecule has 1 rings (SSSR count). The molecule has 0 fully saturated rings. The van der Waals surface area contributed by atoms with Gasteiger partial charge in [0.25, 0.3) is 0 Å². The molecule has 1 aromatic carbocycles. The molecule has 0 aliphatic carbocycles. The van der Waals surface area contributed by atoms with Gasteiger partial charge in [0.2, 0.25) is 0 Å². The van der Waals surface area contributed by atoms with Crippen LogP contribution < -0.4 is 0 Å². The van der Waals surface area contributed by atoms with E-state index in [2.05, 4.69) is 0 Å². The number of carbonyl (C=O) groups is 3. The lowest BCUT2D eigenvalue weighted by Crippen LogP contribution is -2.39. The number of rotatable bonds is 11. The maximum absolute atomic E-state index is 12.4. The predicted octanol–water partition coefficient (Wildman–Crippen LogP) is 3.99. The molecule has 0 heterocycles. The fourth-order valence-electron chi connectivity index (χ4n) is 2.85. The molecule has 6 nitrogen and oxygen atoms in total. The average Bonchev–Trinajstić information content (AvgIpc) is 2.58. The zero-order valence-electron chi connectivity index (χ0n) is 16.7. The zero-order valence-corrected chi connectivity index (χ0v) is 16.7. The lowest BCUT2D eigenvalue weighted by molar-refractivity contribution is -0.144. The van der Waals surface area contributed by atoms with Crippen molar-refractivity contribution in [1.82, 2.24) is 4.90 Å². The van der Waals surface area contributed by atoms with Crippen LogP contribution in [-0.4, -0.2) is 40.9 Å². The van der Waals surface area contributed by atoms with Crippen molar-refractivity contribution < 1.29 is 24.2 Å². The lowest BCUT2D eigenvalue weighted by Gasteiger charge is -2.24. The molecule has 0 saturated carbocycles. The molecule has 0 aliphatic heterocycles. The molecule has 150 valence electrons. The van der Waals surface area contributed by atoms with Crippen molar-refractivity contribution >= 4 is 17.8 Å². The van der Waals surface area contributed by atoms with Crippen LogP contribution in [-0.2, 0) is 20.9 Å². The van der Waals surface area contributed by atoms with Crippen LogP contribution in [0.2, 0.25) is 0 Å². The number of nitrogens with zero attached hydrogens (tertiary/aromatic N) is 1. The van der Waals surface area contributed by atoms with Crippen molar-refractivity contribution in [1.29, 1.82) is 0 Å². The van der Waals surface area contributed by atoms with E-state index in [1.165, 1.54) is 4.90 Å². The largest absolute Gasteiger partial charge is 0.481 e. The van der Waals surface area contributed by atoms with Crippen LogP contribution in [0.25, 0.3) is 0 Å². The molecule has 0 aromatic heterocycles. The Morgan fingerprint density at radius 2 is 1.67 bits per heavy atom. The van der Waals surface area contributed by atoms with E-state index in [-0.39, 0.29) is 37.2 Å². The number of aliphatic carboxylic acids is 1. The maximum Gasteiger partial charge on any atom is 0.410 e. The fourth-order valence-corrected chi connectivity index (χ4v) is 2.85. The first-order chi connectivity index (χ1) is 12.7. The van der Waals surface area contributed by atoms with Gasteiger partial charge >= 0.3 is 12.1 Å². The minimum atomic E-state index is -0.973. The summed E-state index contributed by atoms with van der Waals surface area (Å²) in [5.41, 5.74) is 0.865. The molecule has 0 radical (unpaired) electrons. The number of ketones is 1. The molecule has 0 saturated heterocycles. The summed E-state index contributed by atoms with van der Waals surface area (Å²) in [7, 11) is 0. The number of hydrogen-bond donors (Lipinski definition) is 1. The van der Waals surface area contributed by atoms with Gasteiger partial charge in [0.1, 0.15) is 6.61 Å². The Balaban J connectivity index is 2.67. The van der Waals surface area contributed by atoms with E-state index >= 15 is 0 Å². The number of carboxylic acids is 1. The Morgan fingerprint density at radius 1 is 1.04 bits per heavy atom. The standard InChI is InChI=1S/C21H31NO5/c1-15(2)10-18(20(24)25)11-19(23)13-22(12-16(3)4)21(26)27-14-17-8-6-5-7-9-17/h5-9,15-16,18H,10-14H2,1-4H3,(H,24,25). The van der Waals surface area contributed by atoms with Crippen LogP contribution in [0.15, 0.2) is 30.3 Å². The van der Waals surface area contributed by atoms with Gasteiger partial charge in [-0.25, -0.2) is 4.79 Å². The van der Waals surface area contributed by atoms with Crippen molar-refractivity contribution in [3.05, 3.63) is 35.9 Å². The number of ether oxygens (including phenoxy) is 1. The summed E-state index contributed by atoms with van der Waals surface area (Å²) < 4.78 is 5.33. The molecule has 0 bridgehead atoms. The Bertz CT molecular complexity index is 612. The van der Waals surface area contributed by atoms with E-state index in [4.69, 9.17) is 4.74 Å². The van der Waals surface area contributed by atoms with E-state index < -0.39 is 18.0 Å². The molecule has 6 heteroatoms. The molecular weight excluding hydrogens is 346 g/mol. The molecule has 27 heavy (non-hydrogen) atoms. The van der Waals surface area contributed by atoms with E-state index in [1.54, 1.807) is 0 Å². The summed E-state index contributed by atoms with van der Waals surface area (Å²) in [5.74, 6) is -1.62. The first-order valence-corrected chi connectivity index (χ1v) is 9.39. The van der Waals surface area contributed by atoms with Crippen LogP contribution in [0.3, 0.4) is 0 Å². The smallest absolute Gasteiger partial charge is 0.410 e. The van der Waals surface area contributed by atoms with Gasteiger partial charge in [0.15, 0.2) is 5.78 Å². The summed E-state index contributed by atoms with van der Waals surface area (Å²) in [4.78, 5) is 37.6. The van der Waals surface area contributed by atoms with Gasteiger partial charge in [-0.3, -0.25) is 9.59 Å². The topological polar surface area (TPSA) is 83.9 Å². The van der Waals surface area contributed by atoms with E-state index in [0.29, 0.717) is 13.0 Å². The van der Waals surface area contributed by atoms with Gasteiger partial charge in [0, 0.05) is 13.0 Å². The number of hydrogen-bond acceptors (Lipinski definition) is 4. The van der Waals surface area contributed by atoms with Crippen molar-refractivity contribution in [2.45, 2.75) is 47.1 Å². The first-order valence-electron chi connectivity index (χ1n) is 9.39. The van der Waals surface area contributed by atoms with Crippen molar-refractivity contribution in [3.63, 3.8) is 0 Å². The van der Waals surface area contributed by atoms with Crippen LogP contribution in [0, 0.1) is 17.8 Å². The van der Waals surface area contributed by atoms with E-state index in [1.807, 2.05) is 58.0 Å². The third-order valence-corrected chi connectivity index (χ3v) is 4.00. The number of carbonyl (C=O) groups excluding carboxylic acids is 2. The number of amides is 1. The van der Waals surface area contributed by atoms with Gasteiger partial charge in [-0.1, -0.05) is 58.0 Å². The Morgan fingerprint density at radius 3 is 2.19 bits per heavy atom. The van der Waals surface area contributed by atoms with Crippen LogP contribution >= 0.6 is 0 Å². The lowest BCUT2D eigenvalue weighted by atomic mass is 9.92. The van der Waals surface area contributed by atoms with Gasteiger partial charge in [-0.2, -0.15) is 0 Å². The van der Waals surface area contributed by atoms with Crippen LogP contribution in [0.1, 0.15) is 46.1 Å².